The molecule has 0 aliphatic carbocycles. The molecule has 0 fully saturated rings. The average molecular weight is 333 g/mol. The highest BCUT2D eigenvalue weighted by Crippen LogP contribution is 2.23. The summed E-state index contributed by atoms with van der Waals surface area (Å²) in [6.07, 6.45) is 4.73. The van der Waals surface area contributed by atoms with E-state index in [2.05, 4.69) is 28.1 Å². The van der Waals surface area contributed by atoms with Gasteiger partial charge in [-0.25, -0.2) is 0 Å². The van der Waals surface area contributed by atoms with Gasteiger partial charge in [0.2, 0.25) is 0 Å². The van der Waals surface area contributed by atoms with Gasteiger partial charge in [0.15, 0.2) is 0 Å². The zero-order valence-electron chi connectivity index (χ0n) is 11.1. The van der Waals surface area contributed by atoms with Crippen LogP contribution < -0.4 is 0 Å². The van der Waals surface area contributed by atoms with Crippen LogP contribution in [0.3, 0.4) is 0 Å². The van der Waals surface area contributed by atoms with Gasteiger partial charge in [-0.2, -0.15) is 0 Å². The highest BCUT2D eigenvalue weighted by atomic mass is 79.9. The molecular weight excluding hydrogens is 316 g/mol. The molecule has 0 radical (unpaired) electrons. The Morgan fingerprint density at radius 3 is 2.70 bits per heavy atom. The maximum Gasteiger partial charge on any atom is 0.122 e. The highest BCUT2D eigenvalue weighted by molar-refractivity contribution is 9.10. The van der Waals surface area contributed by atoms with E-state index in [1.54, 1.807) is 6.07 Å². The molecule has 3 heteroatoms. The largest absolute Gasteiger partial charge is 0.507 e. The second kappa shape index (κ2) is 7.88. The van der Waals surface area contributed by atoms with E-state index in [0.29, 0.717) is 13.2 Å². The van der Waals surface area contributed by atoms with Crippen LogP contribution in [0.25, 0.3) is 6.08 Å². The summed E-state index contributed by atoms with van der Waals surface area (Å²) in [5, 5.41) is 9.68. The molecule has 2 aromatic rings. The number of benzene rings is 2. The minimum Gasteiger partial charge on any atom is -0.507 e. The monoisotopic (exact) mass is 332 g/mol. The first-order valence-corrected chi connectivity index (χ1v) is 7.32. The molecule has 20 heavy (non-hydrogen) atoms. The third kappa shape index (κ3) is 4.83. The smallest absolute Gasteiger partial charge is 0.122 e. The Bertz CT molecular complexity index is 564. The Labute approximate surface area is 127 Å². The van der Waals surface area contributed by atoms with E-state index >= 15 is 0 Å². The van der Waals surface area contributed by atoms with Gasteiger partial charge in [0.1, 0.15) is 5.75 Å². The normalized spacial score (nSPS) is 11.1. The van der Waals surface area contributed by atoms with Crippen LogP contribution in [0.2, 0.25) is 0 Å². The standard InChI is InChI=1S/C17H17BrO2/c18-16-9-10-17(19)15(12-16)8-4-5-11-20-13-14-6-2-1-3-7-14/h1-4,6-10,12,19H,5,11,13H2. The van der Waals surface area contributed by atoms with Gasteiger partial charge in [-0.15, -0.1) is 0 Å². The van der Waals surface area contributed by atoms with Crippen LogP contribution in [0, 0.1) is 0 Å². The van der Waals surface area contributed by atoms with Crippen molar-refractivity contribution in [1.82, 2.24) is 0 Å². The zero-order valence-corrected chi connectivity index (χ0v) is 12.7. The zero-order chi connectivity index (χ0) is 14.2. The molecule has 2 nitrogen and oxygen atoms in total. The first kappa shape index (κ1) is 14.8. The van der Waals surface area contributed by atoms with Crippen LogP contribution in [-0.4, -0.2) is 11.7 Å². The molecule has 0 heterocycles. The van der Waals surface area contributed by atoms with E-state index in [9.17, 15) is 5.11 Å². The van der Waals surface area contributed by atoms with E-state index in [1.807, 2.05) is 42.5 Å². The minimum absolute atomic E-state index is 0.287. The summed E-state index contributed by atoms with van der Waals surface area (Å²) in [7, 11) is 0. The summed E-state index contributed by atoms with van der Waals surface area (Å²) in [6.45, 7) is 1.30. The number of hydrogen-bond donors (Lipinski definition) is 1. The molecule has 2 aromatic carbocycles. The van der Waals surface area contributed by atoms with Gasteiger partial charge in [0.05, 0.1) is 13.2 Å². The summed E-state index contributed by atoms with van der Waals surface area (Å²) in [5.41, 5.74) is 1.99. The van der Waals surface area contributed by atoms with Gasteiger partial charge in [-0.05, 0) is 30.2 Å². The van der Waals surface area contributed by atoms with Crippen molar-refractivity contribution >= 4 is 22.0 Å². The molecule has 0 spiro atoms. The molecule has 0 amide bonds. The summed E-state index contributed by atoms with van der Waals surface area (Å²) in [4.78, 5) is 0. The Kier molecular flexibility index (Phi) is 5.84. The van der Waals surface area contributed by atoms with E-state index < -0.39 is 0 Å². The Morgan fingerprint density at radius 2 is 1.90 bits per heavy atom. The van der Waals surface area contributed by atoms with Crippen molar-refractivity contribution < 1.29 is 9.84 Å². The quantitative estimate of drug-likeness (QED) is 0.771. The van der Waals surface area contributed by atoms with E-state index in [1.165, 1.54) is 5.56 Å². The number of ether oxygens (including phenoxy) is 1. The fourth-order valence-corrected chi connectivity index (χ4v) is 2.16. The molecule has 0 saturated heterocycles. The van der Waals surface area contributed by atoms with Gasteiger partial charge in [-0.1, -0.05) is 58.4 Å². The lowest BCUT2D eigenvalue weighted by Crippen LogP contribution is -1.93. The average Bonchev–Trinajstić information content (AvgIpc) is 2.47. The van der Waals surface area contributed by atoms with Crippen molar-refractivity contribution in [2.24, 2.45) is 0 Å². The fraction of sp³-hybridized carbons (Fsp3) is 0.176. The lowest BCUT2D eigenvalue weighted by molar-refractivity contribution is 0.125. The third-order valence-electron chi connectivity index (χ3n) is 2.83. The van der Waals surface area contributed by atoms with Crippen LogP contribution in [0.15, 0.2) is 59.1 Å². The lowest BCUT2D eigenvalue weighted by atomic mass is 10.2. The van der Waals surface area contributed by atoms with Crippen molar-refractivity contribution in [3.63, 3.8) is 0 Å². The molecule has 0 aliphatic heterocycles. The second-order valence-electron chi connectivity index (χ2n) is 4.43. The van der Waals surface area contributed by atoms with E-state index in [-0.39, 0.29) is 5.75 Å². The van der Waals surface area contributed by atoms with E-state index in [4.69, 9.17) is 4.74 Å². The van der Waals surface area contributed by atoms with Crippen molar-refractivity contribution in [3.8, 4) is 5.75 Å². The van der Waals surface area contributed by atoms with Crippen molar-refractivity contribution in [2.45, 2.75) is 13.0 Å². The van der Waals surface area contributed by atoms with Gasteiger partial charge in [0.25, 0.3) is 0 Å². The summed E-state index contributed by atoms with van der Waals surface area (Å²) in [5.74, 6) is 0.287. The summed E-state index contributed by atoms with van der Waals surface area (Å²) < 4.78 is 6.54. The van der Waals surface area contributed by atoms with Gasteiger partial charge in [0, 0.05) is 10.0 Å². The Balaban J connectivity index is 1.73. The summed E-state index contributed by atoms with van der Waals surface area (Å²) in [6, 6.07) is 15.5. The van der Waals surface area contributed by atoms with Gasteiger partial charge >= 0.3 is 0 Å². The topological polar surface area (TPSA) is 29.5 Å². The number of hydrogen-bond acceptors (Lipinski definition) is 2. The maximum atomic E-state index is 9.68. The number of rotatable bonds is 6. The van der Waals surface area contributed by atoms with E-state index in [0.717, 1.165) is 16.5 Å². The molecule has 0 unspecified atom stereocenters. The molecule has 0 aliphatic rings. The van der Waals surface area contributed by atoms with Gasteiger partial charge < -0.3 is 9.84 Å². The van der Waals surface area contributed by atoms with Crippen LogP contribution >= 0.6 is 15.9 Å². The molecule has 104 valence electrons. The number of phenolic OH excluding ortho intramolecular Hbond substituents is 1. The minimum atomic E-state index is 0.287. The predicted octanol–water partition coefficient (Wildman–Crippen LogP) is 4.77. The molecule has 0 saturated carbocycles. The molecule has 0 aromatic heterocycles. The van der Waals surface area contributed by atoms with Gasteiger partial charge in [-0.3, -0.25) is 0 Å². The summed E-state index contributed by atoms with van der Waals surface area (Å²) >= 11 is 3.39. The number of aromatic hydroxyl groups is 1. The predicted molar refractivity (Wildman–Crippen MR) is 85.6 cm³/mol. The van der Waals surface area contributed by atoms with Crippen LogP contribution in [-0.2, 0) is 11.3 Å². The third-order valence-corrected chi connectivity index (χ3v) is 3.32. The number of phenols is 1. The first-order chi connectivity index (χ1) is 9.75. The molecule has 0 bridgehead atoms. The molecule has 2 rings (SSSR count). The molecule has 1 N–H and O–H groups in total. The maximum absolute atomic E-state index is 9.68. The molecular formula is C17H17BrO2. The lowest BCUT2D eigenvalue weighted by Gasteiger charge is -2.02. The van der Waals surface area contributed by atoms with Crippen LogP contribution in [0.1, 0.15) is 17.5 Å². The van der Waals surface area contributed by atoms with Crippen molar-refractivity contribution in [3.05, 3.63) is 70.2 Å². The van der Waals surface area contributed by atoms with Crippen molar-refractivity contribution in [1.29, 1.82) is 0 Å². The first-order valence-electron chi connectivity index (χ1n) is 6.52. The van der Waals surface area contributed by atoms with Crippen LogP contribution in [0.4, 0.5) is 0 Å². The number of halogens is 1. The molecule has 0 atom stereocenters. The Hall–Kier alpha value is -1.58. The SMILES string of the molecule is Oc1ccc(Br)cc1C=CCCOCc1ccccc1. The second-order valence-corrected chi connectivity index (χ2v) is 5.35. The highest BCUT2D eigenvalue weighted by Gasteiger charge is 1.97. The fourth-order valence-electron chi connectivity index (χ4n) is 1.78. The Morgan fingerprint density at radius 1 is 1.10 bits per heavy atom. The van der Waals surface area contributed by atoms with Crippen LogP contribution in [0.5, 0.6) is 5.75 Å². The van der Waals surface area contributed by atoms with Crippen molar-refractivity contribution in [2.75, 3.05) is 6.61 Å².